The molecule has 1 aliphatic carbocycles. The Bertz CT molecular complexity index is 1140. The normalized spacial score (nSPS) is 38.5. The number of aliphatic hydroxyl groups is 2. The van der Waals surface area contributed by atoms with Crippen molar-refractivity contribution in [3.05, 3.63) is 65.7 Å². The molecule has 0 bridgehead atoms. The van der Waals surface area contributed by atoms with E-state index in [2.05, 4.69) is 78.2 Å². The largest absolute Gasteiger partial charge is 0.384 e. The third-order valence-electron chi connectivity index (χ3n) is 10.1. The lowest BCUT2D eigenvalue weighted by Gasteiger charge is -2.57. The van der Waals surface area contributed by atoms with E-state index in [0.29, 0.717) is 18.9 Å². The van der Waals surface area contributed by atoms with Crippen LogP contribution in [0.2, 0.25) is 0 Å². The lowest BCUT2D eigenvalue weighted by atomic mass is 9.58. The summed E-state index contributed by atoms with van der Waals surface area (Å²) in [5.74, 6) is -0.897. The minimum atomic E-state index is -1.33. The van der Waals surface area contributed by atoms with Crippen molar-refractivity contribution in [2.75, 3.05) is 31.1 Å². The van der Waals surface area contributed by atoms with E-state index < -0.39 is 24.0 Å². The van der Waals surface area contributed by atoms with Crippen LogP contribution in [0.1, 0.15) is 57.6 Å². The van der Waals surface area contributed by atoms with Gasteiger partial charge in [0.25, 0.3) is 0 Å². The van der Waals surface area contributed by atoms with Crippen molar-refractivity contribution in [1.82, 2.24) is 4.90 Å². The first-order valence-corrected chi connectivity index (χ1v) is 15.2. The molecule has 7 nitrogen and oxygen atoms in total. The molecule has 0 radical (unpaired) electrons. The molecule has 7 heteroatoms. The summed E-state index contributed by atoms with van der Waals surface area (Å²) in [7, 11) is 0. The molecule has 1 saturated carbocycles. The van der Waals surface area contributed by atoms with Gasteiger partial charge >= 0.3 is 0 Å². The molecule has 3 saturated heterocycles. The molecule has 4 unspecified atom stereocenters. The first kappa shape index (κ1) is 28.1. The van der Waals surface area contributed by atoms with E-state index in [1.165, 1.54) is 11.3 Å². The zero-order valence-corrected chi connectivity index (χ0v) is 24.2. The molecular weight excluding hydrogens is 504 g/mol. The Hall–Kier alpha value is -2.00. The smallest absolute Gasteiger partial charge is 0.193 e. The number of nitrogens with zero attached hydrogens (tertiary/aromatic N) is 2. The van der Waals surface area contributed by atoms with E-state index in [9.17, 15) is 10.2 Å². The quantitative estimate of drug-likeness (QED) is 0.537. The second-order valence-corrected chi connectivity index (χ2v) is 12.9. The molecule has 6 rings (SSSR count). The summed E-state index contributed by atoms with van der Waals surface area (Å²) in [5.41, 5.74) is 2.59. The van der Waals surface area contributed by atoms with E-state index >= 15 is 0 Å². The maximum absolute atomic E-state index is 12.1. The molecule has 0 amide bonds. The number of para-hydroxylation sites is 1. The van der Waals surface area contributed by atoms with Crippen LogP contribution in [0.3, 0.4) is 0 Å². The van der Waals surface area contributed by atoms with Crippen molar-refractivity contribution in [2.24, 2.45) is 23.7 Å². The Morgan fingerprint density at radius 1 is 0.900 bits per heavy atom. The summed E-state index contributed by atoms with van der Waals surface area (Å²) in [6, 6.07) is 19.3. The maximum Gasteiger partial charge on any atom is 0.193 e. The van der Waals surface area contributed by atoms with Crippen LogP contribution in [-0.2, 0) is 27.4 Å². The molecular formula is C33H46N2O5. The van der Waals surface area contributed by atoms with E-state index in [0.717, 1.165) is 57.5 Å². The summed E-state index contributed by atoms with van der Waals surface area (Å²) < 4.78 is 18.8. The van der Waals surface area contributed by atoms with Gasteiger partial charge in [-0.3, -0.25) is 4.90 Å². The van der Waals surface area contributed by atoms with Gasteiger partial charge < -0.3 is 29.3 Å². The predicted molar refractivity (Wildman–Crippen MR) is 154 cm³/mol. The number of rotatable bonds is 6. The Balaban J connectivity index is 1.08. The van der Waals surface area contributed by atoms with Crippen LogP contribution >= 0.6 is 0 Å². The fourth-order valence-electron chi connectivity index (χ4n) is 7.78. The molecule has 2 aromatic carbocycles. The number of benzene rings is 2. The average molecular weight is 551 g/mol. The van der Waals surface area contributed by atoms with Crippen molar-refractivity contribution in [1.29, 1.82) is 0 Å². The highest BCUT2D eigenvalue weighted by Gasteiger charge is 2.63. The van der Waals surface area contributed by atoms with Gasteiger partial charge in [-0.05, 0) is 61.3 Å². The summed E-state index contributed by atoms with van der Waals surface area (Å²) >= 11 is 0. The van der Waals surface area contributed by atoms with Crippen molar-refractivity contribution in [3.8, 4) is 0 Å². The molecule has 8 atom stereocenters. The molecule has 2 N–H and O–H groups in total. The number of piperazine rings is 1. The Kier molecular flexibility index (Phi) is 7.98. The zero-order chi connectivity index (χ0) is 27.9. The zero-order valence-electron chi connectivity index (χ0n) is 24.2. The van der Waals surface area contributed by atoms with E-state index in [1.54, 1.807) is 6.92 Å². The van der Waals surface area contributed by atoms with Crippen LogP contribution < -0.4 is 4.90 Å². The second-order valence-electron chi connectivity index (χ2n) is 12.9. The van der Waals surface area contributed by atoms with Gasteiger partial charge in [-0.25, -0.2) is 0 Å². The standard InChI is InChI=1S/C33H46N2O5/c1-23-12-13-29-24(2)30(39-31-33(29,37)28(23)14-15-32(3,36)40-31)38-22-26-9-7-8-25(20-26)21-34-16-18-35(19-17-34)27-10-5-4-6-11-27/h4-11,20,23-24,28-31,36-37H,12-19,21-22H2,1-3H3/t23-,24?,28+,29?,30?,31?,32+,33-/m1/s1. The number of anilines is 1. The lowest BCUT2D eigenvalue weighted by molar-refractivity contribution is -0.409. The molecule has 4 aliphatic rings. The number of hydrogen-bond donors (Lipinski definition) is 2. The summed E-state index contributed by atoms with van der Waals surface area (Å²) in [5, 5.41) is 22.9. The predicted octanol–water partition coefficient (Wildman–Crippen LogP) is 4.76. The topological polar surface area (TPSA) is 74.6 Å². The van der Waals surface area contributed by atoms with Crippen LogP contribution in [0.5, 0.6) is 0 Å². The number of hydrogen-bond acceptors (Lipinski definition) is 7. The molecule has 40 heavy (non-hydrogen) atoms. The van der Waals surface area contributed by atoms with Gasteiger partial charge in [0, 0.05) is 56.7 Å². The van der Waals surface area contributed by atoms with Gasteiger partial charge in [-0.1, -0.05) is 56.3 Å². The van der Waals surface area contributed by atoms with Gasteiger partial charge in [0.15, 0.2) is 18.4 Å². The monoisotopic (exact) mass is 550 g/mol. The molecule has 3 heterocycles. The van der Waals surface area contributed by atoms with Crippen molar-refractivity contribution in [2.45, 2.75) is 83.6 Å². The maximum atomic E-state index is 12.1. The highest BCUT2D eigenvalue weighted by Crippen LogP contribution is 2.55. The van der Waals surface area contributed by atoms with Crippen LogP contribution in [0, 0.1) is 23.7 Å². The Morgan fingerprint density at radius 2 is 1.65 bits per heavy atom. The van der Waals surface area contributed by atoms with E-state index in [1.807, 2.05) is 0 Å². The molecule has 4 fully saturated rings. The third kappa shape index (κ3) is 5.57. The SMILES string of the molecule is CC1C(OCc2cccc(CN3CCN(c4ccccc4)CC3)c2)OC2O[C@](C)(O)CC[C@H]3[C@H](C)CCC1[C@@]23O. The number of ether oxygens (including phenoxy) is 3. The summed E-state index contributed by atoms with van der Waals surface area (Å²) in [4.78, 5) is 4.97. The average Bonchev–Trinajstić information content (AvgIpc) is 3.05. The molecule has 3 aliphatic heterocycles. The Labute approximate surface area is 239 Å². The fourth-order valence-corrected chi connectivity index (χ4v) is 7.78. The van der Waals surface area contributed by atoms with Crippen molar-refractivity contribution in [3.63, 3.8) is 0 Å². The molecule has 0 spiro atoms. The highest BCUT2D eigenvalue weighted by atomic mass is 16.8. The molecule has 0 aromatic heterocycles. The van der Waals surface area contributed by atoms with E-state index in [-0.39, 0.29) is 17.8 Å². The summed E-state index contributed by atoms with van der Waals surface area (Å²) in [6.07, 6.45) is 1.79. The van der Waals surface area contributed by atoms with Crippen molar-refractivity contribution >= 4 is 5.69 Å². The third-order valence-corrected chi connectivity index (χ3v) is 10.1. The van der Waals surface area contributed by atoms with Gasteiger partial charge in [0.2, 0.25) is 0 Å². The molecule has 218 valence electrons. The van der Waals surface area contributed by atoms with Gasteiger partial charge in [-0.15, -0.1) is 0 Å². The van der Waals surface area contributed by atoms with Crippen LogP contribution in [0.25, 0.3) is 0 Å². The first-order chi connectivity index (χ1) is 19.2. The van der Waals surface area contributed by atoms with Gasteiger partial charge in [0.05, 0.1) is 6.61 Å². The Morgan fingerprint density at radius 3 is 2.42 bits per heavy atom. The second kappa shape index (κ2) is 11.3. The molecule has 2 aromatic rings. The van der Waals surface area contributed by atoms with Crippen molar-refractivity contribution < 1.29 is 24.4 Å². The summed E-state index contributed by atoms with van der Waals surface area (Å²) in [6.45, 7) is 11.5. The van der Waals surface area contributed by atoms with Crippen LogP contribution in [-0.4, -0.2) is 65.3 Å². The minimum Gasteiger partial charge on any atom is -0.384 e. The first-order valence-electron chi connectivity index (χ1n) is 15.2. The van der Waals surface area contributed by atoms with E-state index in [4.69, 9.17) is 14.2 Å². The minimum absolute atomic E-state index is 0.00670. The van der Waals surface area contributed by atoms with Gasteiger partial charge in [-0.2, -0.15) is 0 Å². The lowest BCUT2D eigenvalue weighted by Crippen LogP contribution is -2.67. The van der Waals surface area contributed by atoms with Crippen LogP contribution in [0.4, 0.5) is 5.69 Å². The fraction of sp³-hybridized carbons (Fsp3) is 0.636. The van der Waals surface area contributed by atoms with Crippen LogP contribution in [0.15, 0.2) is 54.6 Å². The highest BCUT2D eigenvalue weighted by molar-refractivity contribution is 5.46. The van der Waals surface area contributed by atoms with Gasteiger partial charge in [0.1, 0.15) is 5.60 Å².